The molecular weight excluding hydrogens is 204 g/mol. The quantitative estimate of drug-likeness (QED) is 0.813. The van der Waals surface area contributed by atoms with E-state index in [0.29, 0.717) is 5.95 Å². The Labute approximate surface area is 93.5 Å². The van der Waals surface area contributed by atoms with Crippen molar-refractivity contribution in [1.29, 1.82) is 0 Å². The van der Waals surface area contributed by atoms with Gasteiger partial charge in [-0.3, -0.25) is 5.10 Å². The lowest BCUT2D eigenvalue weighted by Gasteiger charge is -2.11. The topological polar surface area (TPSA) is 79.4 Å². The van der Waals surface area contributed by atoms with Gasteiger partial charge in [-0.15, -0.1) is 5.10 Å². The fourth-order valence-corrected chi connectivity index (χ4v) is 1.29. The Morgan fingerprint density at radius 3 is 2.69 bits per heavy atom. The van der Waals surface area contributed by atoms with Crippen LogP contribution in [0.5, 0.6) is 0 Å². The van der Waals surface area contributed by atoms with Crippen molar-refractivity contribution in [3.05, 3.63) is 29.3 Å². The first-order valence-corrected chi connectivity index (χ1v) is 5.10. The van der Waals surface area contributed by atoms with E-state index in [-0.39, 0.29) is 6.04 Å². The van der Waals surface area contributed by atoms with Crippen molar-refractivity contribution >= 4 is 5.95 Å². The summed E-state index contributed by atoms with van der Waals surface area (Å²) < 4.78 is 0. The maximum absolute atomic E-state index is 4.31. The number of aromatic amines is 1. The van der Waals surface area contributed by atoms with Gasteiger partial charge in [-0.2, -0.15) is 10.2 Å². The van der Waals surface area contributed by atoms with Gasteiger partial charge in [0.15, 0.2) is 0 Å². The summed E-state index contributed by atoms with van der Waals surface area (Å²) in [6, 6.07) is 0.0997. The molecule has 1 unspecified atom stereocenters. The predicted molar refractivity (Wildman–Crippen MR) is 59.9 cm³/mol. The highest BCUT2D eigenvalue weighted by Gasteiger charge is 2.08. The molecule has 0 saturated carbocycles. The fraction of sp³-hybridized carbons (Fsp3) is 0.400. The first-order chi connectivity index (χ1) is 7.66. The number of hydrogen-bond donors (Lipinski definition) is 2. The second-order valence-corrected chi connectivity index (χ2v) is 3.70. The smallest absolute Gasteiger partial charge is 0.243 e. The van der Waals surface area contributed by atoms with Gasteiger partial charge in [0.2, 0.25) is 5.95 Å². The molecule has 2 N–H and O–H groups in total. The van der Waals surface area contributed by atoms with Crippen LogP contribution in [0.2, 0.25) is 0 Å². The summed E-state index contributed by atoms with van der Waals surface area (Å²) in [5.74, 6) is 0.539. The Hall–Kier alpha value is -1.98. The van der Waals surface area contributed by atoms with Crippen LogP contribution in [0.25, 0.3) is 0 Å². The summed E-state index contributed by atoms with van der Waals surface area (Å²) in [4.78, 5) is 4.31. The molecule has 0 spiro atoms. The van der Waals surface area contributed by atoms with Gasteiger partial charge in [-0.25, -0.2) is 4.98 Å². The zero-order chi connectivity index (χ0) is 11.5. The van der Waals surface area contributed by atoms with Crippen LogP contribution in [0.15, 0.2) is 12.4 Å². The molecular formula is C10H14N6. The molecule has 0 fully saturated rings. The Morgan fingerprint density at radius 1 is 1.25 bits per heavy atom. The van der Waals surface area contributed by atoms with Gasteiger partial charge in [0.1, 0.15) is 0 Å². The van der Waals surface area contributed by atoms with Crippen LogP contribution in [0.4, 0.5) is 5.95 Å². The van der Waals surface area contributed by atoms with E-state index in [4.69, 9.17) is 0 Å². The summed E-state index contributed by atoms with van der Waals surface area (Å²) in [7, 11) is 0. The lowest BCUT2D eigenvalue weighted by molar-refractivity contribution is 0.821. The van der Waals surface area contributed by atoms with Gasteiger partial charge in [-0.05, 0) is 20.8 Å². The van der Waals surface area contributed by atoms with Crippen molar-refractivity contribution < 1.29 is 0 Å². The molecule has 84 valence electrons. The largest absolute Gasteiger partial charge is 0.346 e. The highest BCUT2D eigenvalue weighted by atomic mass is 15.2. The number of hydrogen-bond acceptors (Lipinski definition) is 5. The fourth-order valence-electron chi connectivity index (χ4n) is 1.29. The van der Waals surface area contributed by atoms with Crippen LogP contribution < -0.4 is 5.32 Å². The average molecular weight is 218 g/mol. The number of aromatic nitrogens is 5. The molecule has 0 aliphatic heterocycles. The van der Waals surface area contributed by atoms with E-state index in [0.717, 1.165) is 17.0 Å². The number of rotatable bonds is 3. The van der Waals surface area contributed by atoms with Crippen molar-refractivity contribution in [2.75, 3.05) is 5.32 Å². The Bertz CT molecular complexity index is 464. The van der Waals surface area contributed by atoms with Gasteiger partial charge in [0, 0.05) is 11.8 Å². The Balaban J connectivity index is 2.12. The molecule has 0 amide bonds. The van der Waals surface area contributed by atoms with E-state index in [2.05, 4.69) is 30.7 Å². The van der Waals surface area contributed by atoms with E-state index < -0.39 is 0 Å². The summed E-state index contributed by atoms with van der Waals surface area (Å²) in [6.07, 6.45) is 3.61. The van der Waals surface area contributed by atoms with Crippen molar-refractivity contribution in [3.63, 3.8) is 0 Å². The maximum Gasteiger partial charge on any atom is 0.243 e. The molecule has 0 aliphatic carbocycles. The maximum atomic E-state index is 4.31. The minimum absolute atomic E-state index is 0.0997. The minimum Gasteiger partial charge on any atom is -0.346 e. The number of aryl methyl sites for hydroxylation is 2. The van der Waals surface area contributed by atoms with Gasteiger partial charge in [0.25, 0.3) is 0 Å². The number of anilines is 1. The van der Waals surface area contributed by atoms with Gasteiger partial charge in [0.05, 0.1) is 23.6 Å². The zero-order valence-electron chi connectivity index (χ0n) is 9.52. The lowest BCUT2D eigenvalue weighted by Crippen LogP contribution is -2.10. The molecule has 6 nitrogen and oxygen atoms in total. The summed E-state index contributed by atoms with van der Waals surface area (Å²) in [6.45, 7) is 5.82. The highest BCUT2D eigenvalue weighted by molar-refractivity contribution is 5.29. The predicted octanol–water partition coefficient (Wildman–Crippen LogP) is 1.38. The molecule has 2 heterocycles. The van der Waals surface area contributed by atoms with Gasteiger partial charge >= 0.3 is 0 Å². The SMILES string of the molecule is Cc1nnc(NC(C)c2cn[nH]c2)nc1C. The molecule has 16 heavy (non-hydrogen) atoms. The molecule has 2 rings (SSSR count). The molecule has 2 aromatic rings. The third kappa shape index (κ3) is 2.16. The normalized spacial score (nSPS) is 12.4. The lowest BCUT2D eigenvalue weighted by atomic mass is 10.2. The first-order valence-electron chi connectivity index (χ1n) is 5.10. The number of nitrogens with one attached hydrogen (secondary N) is 2. The van der Waals surface area contributed by atoms with Crippen LogP contribution in [0.1, 0.15) is 29.9 Å². The summed E-state index contributed by atoms with van der Waals surface area (Å²) in [5, 5.41) is 17.8. The number of nitrogens with zero attached hydrogens (tertiary/aromatic N) is 4. The van der Waals surface area contributed by atoms with Gasteiger partial charge < -0.3 is 5.32 Å². The zero-order valence-corrected chi connectivity index (χ0v) is 9.52. The third-order valence-corrected chi connectivity index (χ3v) is 2.46. The second kappa shape index (κ2) is 4.26. The van der Waals surface area contributed by atoms with Crippen LogP contribution in [0.3, 0.4) is 0 Å². The van der Waals surface area contributed by atoms with E-state index in [9.17, 15) is 0 Å². The van der Waals surface area contributed by atoms with Crippen LogP contribution in [0, 0.1) is 13.8 Å². The Morgan fingerprint density at radius 2 is 2.06 bits per heavy atom. The van der Waals surface area contributed by atoms with Crippen molar-refractivity contribution in [3.8, 4) is 0 Å². The van der Waals surface area contributed by atoms with Crippen LogP contribution >= 0.6 is 0 Å². The molecule has 0 bridgehead atoms. The van der Waals surface area contributed by atoms with E-state index in [1.807, 2.05) is 27.0 Å². The second-order valence-electron chi connectivity index (χ2n) is 3.70. The van der Waals surface area contributed by atoms with E-state index in [1.54, 1.807) is 6.20 Å². The van der Waals surface area contributed by atoms with Crippen molar-refractivity contribution in [1.82, 2.24) is 25.4 Å². The average Bonchev–Trinajstić information content (AvgIpc) is 2.77. The third-order valence-electron chi connectivity index (χ3n) is 2.46. The van der Waals surface area contributed by atoms with E-state index in [1.165, 1.54) is 0 Å². The molecule has 0 aliphatic rings. The molecule has 2 aromatic heterocycles. The first kappa shape index (κ1) is 10.5. The van der Waals surface area contributed by atoms with Crippen LogP contribution in [-0.4, -0.2) is 25.4 Å². The molecule has 0 aromatic carbocycles. The van der Waals surface area contributed by atoms with Crippen LogP contribution in [-0.2, 0) is 0 Å². The highest BCUT2D eigenvalue weighted by Crippen LogP contribution is 2.14. The van der Waals surface area contributed by atoms with E-state index >= 15 is 0 Å². The van der Waals surface area contributed by atoms with Gasteiger partial charge in [-0.1, -0.05) is 0 Å². The molecule has 6 heteroatoms. The molecule has 1 atom stereocenters. The number of H-pyrrole nitrogens is 1. The van der Waals surface area contributed by atoms with Crippen molar-refractivity contribution in [2.45, 2.75) is 26.8 Å². The summed E-state index contributed by atoms with van der Waals surface area (Å²) >= 11 is 0. The monoisotopic (exact) mass is 218 g/mol. The van der Waals surface area contributed by atoms with Crippen molar-refractivity contribution in [2.24, 2.45) is 0 Å². The standard InChI is InChI=1S/C10H14N6/c1-6-7(2)15-16-10(13-6)14-8(3)9-4-11-12-5-9/h4-5,8H,1-3H3,(H,11,12)(H,13,14,16). The molecule has 0 saturated heterocycles. The molecule has 0 radical (unpaired) electrons. The minimum atomic E-state index is 0.0997. The Kier molecular flexibility index (Phi) is 2.80. The summed E-state index contributed by atoms with van der Waals surface area (Å²) in [5.41, 5.74) is 2.79.